The number of carbonyl (C=O) groups excluding carboxylic acids is 1. The van der Waals surface area contributed by atoms with Gasteiger partial charge in [-0.15, -0.1) is 0 Å². The molecule has 2 aliphatic rings. The molecule has 0 unspecified atom stereocenters. The number of hydrogen-bond donors (Lipinski definition) is 4. The van der Waals surface area contributed by atoms with Gasteiger partial charge in [0.2, 0.25) is 5.91 Å². The van der Waals surface area contributed by atoms with Crippen molar-refractivity contribution in [1.29, 1.82) is 0 Å². The summed E-state index contributed by atoms with van der Waals surface area (Å²) in [5, 5.41) is 29.6. The Hall–Kier alpha value is -4.36. The Kier molecular flexibility index (Phi) is 11.5. The number of nitrogens with zero attached hydrogens (tertiary/aromatic N) is 3. The highest BCUT2D eigenvalue weighted by molar-refractivity contribution is 6.27. The second-order valence-electron chi connectivity index (χ2n) is 8.82. The molecule has 2 aromatic carbocycles. The van der Waals surface area contributed by atoms with Gasteiger partial charge in [-0.25, -0.2) is 23.6 Å². The van der Waals surface area contributed by atoms with Crippen molar-refractivity contribution in [1.82, 2.24) is 9.80 Å². The van der Waals surface area contributed by atoms with Gasteiger partial charge >= 0.3 is 23.9 Å². The highest BCUT2D eigenvalue weighted by Crippen LogP contribution is 2.29. The van der Waals surface area contributed by atoms with Crippen molar-refractivity contribution in [2.45, 2.75) is 19.9 Å². The van der Waals surface area contributed by atoms with Gasteiger partial charge in [0.15, 0.2) is 0 Å². The minimum atomic E-state index is -1.82. The van der Waals surface area contributed by atoms with Crippen LogP contribution in [0.1, 0.15) is 16.7 Å². The number of halogens is 1. The van der Waals surface area contributed by atoms with Crippen LogP contribution < -0.4 is 4.90 Å². The number of rotatable bonds is 5. The van der Waals surface area contributed by atoms with Crippen LogP contribution in [0, 0.1) is 12.7 Å². The van der Waals surface area contributed by atoms with E-state index in [1.165, 1.54) is 17.7 Å². The molecule has 12 nitrogen and oxygen atoms in total. The summed E-state index contributed by atoms with van der Waals surface area (Å²) in [5.74, 6) is -7.27. The third kappa shape index (κ3) is 10.1. The molecule has 0 spiro atoms. The number of benzene rings is 2. The van der Waals surface area contributed by atoms with Crippen LogP contribution in [0.2, 0.25) is 0 Å². The van der Waals surface area contributed by atoms with Gasteiger partial charge in [-0.1, -0.05) is 29.8 Å². The SMILES string of the molecule is Cc1ccc2c(c1)CC(=O)N2CCN1CCN(Cc2ccc(F)cc2)CC1.O=C(O)C(=O)O.O=C(O)C(=O)O. The fraction of sp³-hybridized carbons (Fsp3) is 0.346. The van der Waals surface area contributed by atoms with Gasteiger partial charge in [0.25, 0.3) is 0 Å². The molecule has 4 rings (SSSR count). The van der Waals surface area contributed by atoms with Gasteiger partial charge in [0, 0.05) is 51.5 Å². The number of piperazine rings is 1. The summed E-state index contributed by atoms with van der Waals surface area (Å²) >= 11 is 0. The van der Waals surface area contributed by atoms with Gasteiger partial charge in [-0.2, -0.15) is 0 Å². The monoisotopic (exact) mass is 547 g/mol. The van der Waals surface area contributed by atoms with E-state index in [9.17, 15) is 9.18 Å². The second-order valence-corrected chi connectivity index (χ2v) is 8.82. The molecule has 4 N–H and O–H groups in total. The number of aryl methyl sites for hydroxylation is 1. The Balaban J connectivity index is 0.000000374. The van der Waals surface area contributed by atoms with Crippen LogP contribution >= 0.6 is 0 Å². The highest BCUT2D eigenvalue weighted by atomic mass is 19.1. The van der Waals surface area contributed by atoms with Crippen molar-refractivity contribution in [2.75, 3.05) is 44.2 Å². The van der Waals surface area contributed by atoms with E-state index >= 15 is 0 Å². The third-order valence-corrected chi connectivity index (χ3v) is 5.96. The largest absolute Gasteiger partial charge is 0.473 e. The summed E-state index contributed by atoms with van der Waals surface area (Å²) in [4.78, 5) is 55.5. The lowest BCUT2D eigenvalue weighted by Crippen LogP contribution is -2.48. The molecule has 0 bridgehead atoms. The summed E-state index contributed by atoms with van der Waals surface area (Å²) in [7, 11) is 0. The Labute approximate surface area is 223 Å². The van der Waals surface area contributed by atoms with E-state index in [-0.39, 0.29) is 11.7 Å². The standard InChI is InChI=1S/C22H26FN3O.2C2H2O4/c1-17-2-7-21-19(14-17)15-22(27)26(21)13-12-24-8-10-25(11-9-24)16-18-3-5-20(23)6-4-18;2*3-1(4)2(5)6/h2-7,14H,8-13,15-16H2,1H3;2*(H,3,4)(H,5,6). The minimum Gasteiger partial charge on any atom is -0.473 e. The molecular weight excluding hydrogens is 517 g/mol. The molecule has 2 heterocycles. The zero-order valence-corrected chi connectivity index (χ0v) is 21.2. The molecule has 0 saturated carbocycles. The molecule has 2 aliphatic heterocycles. The topological polar surface area (TPSA) is 176 Å². The maximum atomic E-state index is 13.0. The first-order chi connectivity index (χ1) is 18.4. The Morgan fingerprint density at radius 1 is 0.769 bits per heavy atom. The average molecular weight is 548 g/mol. The predicted octanol–water partition coefficient (Wildman–Crippen LogP) is 1.15. The van der Waals surface area contributed by atoms with E-state index in [1.54, 1.807) is 0 Å². The van der Waals surface area contributed by atoms with E-state index in [0.717, 1.165) is 62.6 Å². The van der Waals surface area contributed by atoms with E-state index in [1.807, 2.05) is 17.0 Å². The second kappa shape index (κ2) is 14.5. The number of anilines is 1. The van der Waals surface area contributed by atoms with Crippen LogP contribution in [0.3, 0.4) is 0 Å². The van der Waals surface area contributed by atoms with Crippen LogP contribution in [0.5, 0.6) is 0 Å². The van der Waals surface area contributed by atoms with Crippen molar-refractivity contribution in [3.05, 3.63) is 65.0 Å². The van der Waals surface area contributed by atoms with Crippen molar-refractivity contribution in [2.24, 2.45) is 0 Å². The first-order valence-electron chi connectivity index (χ1n) is 11.9. The van der Waals surface area contributed by atoms with Gasteiger partial charge in [0.1, 0.15) is 5.82 Å². The lowest BCUT2D eigenvalue weighted by molar-refractivity contribution is -0.159. The van der Waals surface area contributed by atoms with Crippen LogP contribution in [0.15, 0.2) is 42.5 Å². The Bertz CT molecular complexity index is 1150. The van der Waals surface area contributed by atoms with Crippen LogP contribution in [-0.4, -0.2) is 99.3 Å². The predicted molar refractivity (Wildman–Crippen MR) is 136 cm³/mol. The van der Waals surface area contributed by atoms with Crippen LogP contribution in [0.4, 0.5) is 10.1 Å². The van der Waals surface area contributed by atoms with E-state index < -0.39 is 23.9 Å². The van der Waals surface area contributed by atoms with Gasteiger partial charge in [-0.05, 0) is 36.2 Å². The lowest BCUT2D eigenvalue weighted by Gasteiger charge is -2.35. The number of amides is 1. The van der Waals surface area contributed by atoms with Crippen LogP contribution in [0.25, 0.3) is 0 Å². The molecule has 0 atom stereocenters. The molecule has 0 aliphatic carbocycles. The lowest BCUT2D eigenvalue weighted by atomic mass is 10.1. The average Bonchev–Trinajstić information content (AvgIpc) is 3.19. The maximum absolute atomic E-state index is 13.0. The molecule has 0 aromatic heterocycles. The summed E-state index contributed by atoms with van der Waals surface area (Å²) < 4.78 is 13.0. The molecule has 2 aromatic rings. The first kappa shape index (κ1) is 30.9. The van der Waals surface area contributed by atoms with Crippen molar-refractivity contribution in [3.8, 4) is 0 Å². The number of hydrogen-bond acceptors (Lipinski definition) is 7. The fourth-order valence-corrected chi connectivity index (χ4v) is 4.02. The molecule has 1 saturated heterocycles. The molecule has 1 amide bonds. The fourth-order valence-electron chi connectivity index (χ4n) is 4.02. The molecule has 0 radical (unpaired) electrons. The molecule has 1 fully saturated rings. The minimum absolute atomic E-state index is 0.184. The first-order valence-corrected chi connectivity index (χ1v) is 11.9. The summed E-state index contributed by atoms with van der Waals surface area (Å²) in [5.41, 5.74) is 4.60. The third-order valence-electron chi connectivity index (χ3n) is 5.96. The molecule has 210 valence electrons. The van der Waals surface area contributed by atoms with Gasteiger partial charge < -0.3 is 25.3 Å². The molecule has 39 heavy (non-hydrogen) atoms. The van der Waals surface area contributed by atoms with E-state index in [4.69, 9.17) is 39.6 Å². The van der Waals surface area contributed by atoms with E-state index in [2.05, 4.69) is 34.9 Å². The van der Waals surface area contributed by atoms with Crippen LogP contribution in [-0.2, 0) is 36.9 Å². The van der Waals surface area contributed by atoms with Gasteiger partial charge in [0.05, 0.1) is 6.42 Å². The highest BCUT2D eigenvalue weighted by Gasteiger charge is 2.27. The zero-order valence-electron chi connectivity index (χ0n) is 21.2. The summed E-state index contributed by atoms with van der Waals surface area (Å²) in [6.07, 6.45) is 0.530. The summed E-state index contributed by atoms with van der Waals surface area (Å²) in [6.45, 7) is 8.61. The van der Waals surface area contributed by atoms with Crippen molar-refractivity contribution < 1.29 is 48.8 Å². The number of aliphatic carboxylic acids is 4. The maximum Gasteiger partial charge on any atom is 0.414 e. The molecule has 13 heteroatoms. The Morgan fingerprint density at radius 2 is 1.28 bits per heavy atom. The van der Waals surface area contributed by atoms with Crippen molar-refractivity contribution in [3.63, 3.8) is 0 Å². The molecular formula is C26H30FN3O9. The zero-order chi connectivity index (χ0) is 29.1. The smallest absolute Gasteiger partial charge is 0.414 e. The Morgan fingerprint density at radius 3 is 1.79 bits per heavy atom. The number of carboxylic acids is 4. The quantitative estimate of drug-likeness (QED) is 0.395. The number of carbonyl (C=O) groups is 5. The van der Waals surface area contributed by atoms with Gasteiger partial charge in [-0.3, -0.25) is 14.6 Å². The summed E-state index contributed by atoms with van der Waals surface area (Å²) in [6, 6.07) is 13.1. The van der Waals surface area contributed by atoms with E-state index in [0.29, 0.717) is 6.42 Å². The van der Waals surface area contributed by atoms with Crippen molar-refractivity contribution >= 4 is 35.5 Å². The normalized spacial score (nSPS) is 14.8. The number of carboxylic acid groups (broad SMARTS) is 4. The number of fused-ring (bicyclic) bond motifs is 1.